The summed E-state index contributed by atoms with van der Waals surface area (Å²) in [6.07, 6.45) is 5.70. The van der Waals surface area contributed by atoms with E-state index in [1.165, 1.54) is 43.7 Å². The molecule has 0 aliphatic heterocycles. The highest BCUT2D eigenvalue weighted by molar-refractivity contribution is 7.99. The van der Waals surface area contributed by atoms with Gasteiger partial charge in [0.1, 0.15) is 0 Å². The van der Waals surface area contributed by atoms with E-state index in [9.17, 15) is 0 Å². The molecular weight excluding hydrogens is 202 g/mol. The quantitative estimate of drug-likeness (QED) is 0.699. The Morgan fingerprint density at radius 2 is 2.00 bits per heavy atom. The van der Waals surface area contributed by atoms with Crippen LogP contribution in [0.15, 0.2) is 0 Å². The maximum atomic E-state index is 3.72. The number of rotatable bonds is 6. The van der Waals surface area contributed by atoms with Crippen LogP contribution in [0.3, 0.4) is 0 Å². The van der Waals surface area contributed by atoms with Crippen molar-refractivity contribution in [3.8, 4) is 0 Å². The second-order valence-electron chi connectivity index (χ2n) is 5.29. The van der Waals surface area contributed by atoms with Crippen molar-refractivity contribution < 1.29 is 0 Å². The van der Waals surface area contributed by atoms with Gasteiger partial charge in [0.15, 0.2) is 0 Å². The molecule has 0 aromatic rings. The van der Waals surface area contributed by atoms with E-state index in [0.717, 1.165) is 17.9 Å². The standard InChI is InChI=1S/C13H27NS/c1-11(2)10-15-9-8-14-13-7-5-4-6-12(13)3/h11-14H,4-10H2,1-3H3. The first kappa shape index (κ1) is 13.4. The van der Waals surface area contributed by atoms with Crippen molar-refractivity contribution in [1.29, 1.82) is 0 Å². The van der Waals surface area contributed by atoms with Gasteiger partial charge in [-0.05, 0) is 30.4 Å². The molecule has 0 aromatic heterocycles. The molecule has 0 spiro atoms. The summed E-state index contributed by atoms with van der Waals surface area (Å²) in [4.78, 5) is 0. The number of thioether (sulfide) groups is 1. The molecule has 0 heterocycles. The largest absolute Gasteiger partial charge is 0.313 e. The predicted molar refractivity (Wildman–Crippen MR) is 71.6 cm³/mol. The smallest absolute Gasteiger partial charge is 0.00930 e. The molecule has 0 aromatic carbocycles. The van der Waals surface area contributed by atoms with E-state index in [-0.39, 0.29) is 0 Å². The fourth-order valence-electron chi connectivity index (χ4n) is 2.26. The van der Waals surface area contributed by atoms with Crippen LogP contribution in [0.5, 0.6) is 0 Å². The Balaban J connectivity index is 1.99. The van der Waals surface area contributed by atoms with Crippen molar-refractivity contribution in [3.63, 3.8) is 0 Å². The summed E-state index contributed by atoms with van der Waals surface area (Å²) in [6, 6.07) is 0.804. The average Bonchev–Trinajstić information content (AvgIpc) is 2.20. The first-order valence-corrected chi connectivity index (χ1v) is 7.66. The van der Waals surface area contributed by atoms with E-state index < -0.39 is 0 Å². The molecule has 90 valence electrons. The molecule has 1 rings (SSSR count). The first-order valence-electron chi connectivity index (χ1n) is 6.51. The maximum Gasteiger partial charge on any atom is 0.00930 e. The normalized spacial score (nSPS) is 27.2. The van der Waals surface area contributed by atoms with Crippen LogP contribution in [-0.2, 0) is 0 Å². The summed E-state index contributed by atoms with van der Waals surface area (Å²) >= 11 is 2.09. The Kier molecular flexibility index (Phi) is 6.74. The molecule has 1 aliphatic rings. The van der Waals surface area contributed by atoms with E-state index in [1.54, 1.807) is 0 Å². The van der Waals surface area contributed by atoms with Gasteiger partial charge in [-0.15, -0.1) is 0 Å². The van der Waals surface area contributed by atoms with Crippen LogP contribution in [0.4, 0.5) is 0 Å². The Bertz CT molecular complexity index is 159. The monoisotopic (exact) mass is 229 g/mol. The minimum absolute atomic E-state index is 0.804. The molecule has 2 atom stereocenters. The van der Waals surface area contributed by atoms with E-state index in [1.807, 2.05) is 0 Å². The Labute approximate surface area is 99.8 Å². The van der Waals surface area contributed by atoms with Gasteiger partial charge in [-0.3, -0.25) is 0 Å². The number of hydrogen-bond acceptors (Lipinski definition) is 2. The highest BCUT2D eigenvalue weighted by atomic mass is 32.2. The Morgan fingerprint density at radius 3 is 2.67 bits per heavy atom. The second-order valence-corrected chi connectivity index (χ2v) is 6.44. The zero-order chi connectivity index (χ0) is 11.1. The highest BCUT2D eigenvalue weighted by Crippen LogP contribution is 2.23. The van der Waals surface area contributed by atoms with Gasteiger partial charge in [-0.2, -0.15) is 11.8 Å². The number of hydrogen-bond donors (Lipinski definition) is 1. The van der Waals surface area contributed by atoms with Gasteiger partial charge in [-0.25, -0.2) is 0 Å². The molecule has 0 bridgehead atoms. The SMILES string of the molecule is CC(C)CSCCNC1CCCCC1C. The zero-order valence-corrected chi connectivity index (χ0v) is 11.4. The third-order valence-corrected chi connectivity index (χ3v) is 4.61. The Morgan fingerprint density at radius 1 is 1.27 bits per heavy atom. The van der Waals surface area contributed by atoms with Gasteiger partial charge >= 0.3 is 0 Å². The van der Waals surface area contributed by atoms with Crippen molar-refractivity contribution in [1.82, 2.24) is 5.32 Å². The molecule has 1 nitrogen and oxygen atoms in total. The molecule has 2 unspecified atom stereocenters. The van der Waals surface area contributed by atoms with Crippen molar-refractivity contribution >= 4 is 11.8 Å². The molecule has 2 heteroatoms. The summed E-state index contributed by atoms with van der Waals surface area (Å²) in [7, 11) is 0. The molecule has 15 heavy (non-hydrogen) atoms. The second kappa shape index (κ2) is 7.56. The van der Waals surface area contributed by atoms with E-state index in [4.69, 9.17) is 0 Å². The van der Waals surface area contributed by atoms with Gasteiger partial charge < -0.3 is 5.32 Å². The molecule has 0 amide bonds. The lowest BCUT2D eigenvalue weighted by atomic mass is 9.86. The summed E-state index contributed by atoms with van der Waals surface area (Å²) in [5.74, 6) is 4.32. The van der Waals surface area contributed by atoms with Gasteiger partial charge in [-0.1, -0.05) is 33.6 Å². The molecule has 1 fully saturated rings. The Hall–Kier alpha value is 0.310. The van der Waals surface area contributed by atoms with Crippen LogP contribution in [0.25, 0.3) is 0 Å². The van der Waals surface area contributed by atoms with Crippen LogP contribution in [0, 0.1) is 11.8 Å². The van der Waals surface area contributed by atoms with Gasteiger partial charge in [0.05, 0.1) is 0 Å². The summed E-state index contributed by atoms with van der Waals surface area (Å²) in [6.45, 7) is 8.19. The lowest BCUT2D eigenvalue weighted by Crippen LogP contribution is -2.38. The van der Waals surface area contributed by atoms with E-state index in [2.05, 4.69) is 37.8 Å². The topological polar surface area (TPSA) is 12.0 Å². The highest BCUT2D eigenvalue weighted by Gasteiger charge is 2.19. The summed E-state index contributed by atoms with van der Waals surface area (Å²) in [5, 5.41) is 3.72. The van der Waals surface area contributed by atoms with Crippen LogP contribution in [0.1, 0.15) is 46.5 Å². The lowest BCUT2D eigenvalue weighted by Gasteiger charge is -2.29. The fourth-order valence-corrected chi connectivity index (χ4v) is 3.16. The van der Waals surface area contributed by atoms with Crippen LogP contribution in [0.2, 0.25) is 0 Å². The maximum absolute atomic E-state index is 3.72. The van der Waals surface area contributed by atoms with Crippen LogP contribution in [-0.4, -0.2) is 24.1 Å². The fraction of sp³-hybridized carbons (Fsp3) is 1.00. The van der Waals surface area contributed by atoms with Crippen molar-refractivity contribution in [3.05, 3.63) is 0 Å². The van der Waals surface area contributed by atoms with Crippen molar-refractivity contribution in [2.24, 2.45) is 11.8 Å². The molecule has 1 N–H and O–H groups in total. The van der Waals surface area contributed by atoms with Crippen LogP contribution < -0.4 is 5.32 Å². The number of nitrogens with one attached hydrogen (secondary N) is 1. The van der Waals surface area contributed by atoms with E-state index >= 15 is 0 Å². The molecule has 1 saturated carbocycles. The summed E-state index contributed by atoms with van der Waals surface area (Å²) < 4.78 is 0. The predicted octanol–water partition coefficient (Wildman–Crippen LogP) is 3.54. The molecule has 0 radical (unpaired) electrons. The van der Waals surface area contributed by atoms with Gasteiger partial charge in [0, 0.05) is 18.3 Å². The zero-order valence-electron chi connectivity index (χ0n) is 10.6. The minimum atomic E-state index is 0.804. The lowest BCUT2D eigenvalue weighted by molar-refractivity contribution is 0.285. The summed E-state index contributed by atoms with van der Waals surface area (Å²) in [5.41, 5.74) is 0. The van der Waals surface area contributed by atoms with Crippen molar-refractivity contribution in [2.75, 3.05) is 18.1 Å². The van der Waals surface area contributed by atoms with Crippen molar-refractivity contribution in [2.45, 2.75) is 52.5 Å². The molecule has 0 saturated heterocycles. The molecule has 1 aliphatic carbocycles. The van der Waals surface area contributed by atoms with Gasteiger partial charge in [0.2, 0.25) is 0 Å². The third kappa shape index (κ3) is 5.82. The van der Waals surface area contributed by atoms with Crippen LogP contribution >= 0.6 is 11.8 Å². The van der Waals surface area contributed by atoms with Gasteiger partial charge in [0.25, 0.3) is 0 Å². The minimum Gasteiger partial charge on any atom is -0.313 e. The average molecular weight is 229 g/mol. The first-order chi connectivity index (χ1) is 7.20. The van der Waals surface area contributed by atoms with E-state index in [0.29, 0.717) is 0 Å². The third-order valence-electron chi connectivity index (χ3n) is 3.22. The molecular formula is C13H27NS.